The number of thiophene rings is 1. The molecule has 0 fully saturated rings. The van der Waals surface area contributed by atoms with E-state index in [9.17, 15) is 0 Å². The molecule has 2 nitrogen and oxygen atoms in total. The average Bonchev–Trinajstić information content (AvgIpc) is 1.22. The fraction of sp³-hybridized carbons (Fsp3) is 0.244. The van der Waals surface area contributed by atoms with Gasteiger partial charge in [-0.2, -0.15) is 0 Å². The minimum atomic E-state index is -0.110. The molecule has 1 aromatic heterocycles. The van der Waals surface area contributed by atoms with Gasteiger partial charge in [-0.05, 0) is 187 Å². The third kappa shape index (κ3) is 9.20. The smallest absolute Gasteiger partial charge is 0.264 e. The van der Waals surface area contributed by atoms with Crippen molar-refractivity contribution in [1.82, 2.24) is 0 Å². The lowest BCUT2D eigenvalue weighted by Crippen LogP contribution is -2.60. The summed E-state index contributed by atoms with van der Waals surface area (Å²) >= 11 is 1.98. The van der Waals surface area contributed by atoms with Crippen LogP contribution in [0.25, 0.3) is 75.8 Å². The molecule has 426 valence electrons. The van der Waals surface area contributed by atoms with Gasteiger partial charge in [0, 0.05) is 43.2 Å². The summed E-state index contributed by atoms with van der Waals surface area (Å²) < 4.78 is 2.68. The Bertz CT molecular complexity index is 4660. The highest BCUT2D eigenvalue weighted by molar-refractivity contribution is 7.33. The Kier molecular flexibility index (Phi) is 12.7. The van der Waals surface area contributed by atoms with E-state index in [1.807, 2.05) is 11.3 Å². The highest BCUT2D eigenvalue weighted by atomic mass is 32.1. The minimum absolute atomic E-state index is 0.00786. The van der Waals surface area contributed by atoms with Crippen LogP contribution in [-0.2, 0) is 27.1 Å². The lowest BCUT2D eigenvalue weighted by molar-refractivity contribution is 0.590. The predicted molar refractivity (Wildman–Crippen MR) is 378 cm³/mol. The standard InChI is InChI=1S/C82H79BN2S/c1-78(2,3)53-32-27-50(28-33-53)64-48-69-73(49-65(64)51-29-34-54(35-30-51)79(4,5)6)85(70-43-38-56(81(10,11)12)46-66(70)52-31-42-63-61-23-17-16-21-59(61)60-22-18-19-24-62(60)67(63)45-52)72-26-20-25-71-75(72)83(69)77-76(68-47-57(82(13,14)15)39-44-74(68)86-77)84(71)58-40-36-55(37-41-58)80(7,8)9/h16-49H,1-15H3. The first-order valence-corrected chi connectivity index (χ1v) is 31.9. The van der Waals surface area contributed by atoms with Crippen LogP contribution in [0.1, 0.15) is 132 Å². The Labute approximate surface area is 515 Å². The van der Waals surface area contributed by atoms with E-state index >= 15 is 0 Å². The van der Waals surface area contributed by atoms with Crippen molar-refractivity contribution in [3.8, 4) is 33.4 Å². The van der Waals surface area contributed by atoms with Gasteiger partial charge in [-0.15, -0.1) is 11.3 Å². The van der Waals surface area contributed by atoms with Gasteiger partial charge in [0.15, 0.2) is 0 Å². The van der Waals surface area contributed by atoms with Crippen LogP contribution in [0.3, 0.4) is 0 Å². The Balaban J connectivity index is 1.11. The molecule has 0 unspecified atom stereocenters. The molecule has 0 N–H and O–H groups in total. The summed E-state index contributed by atoms with van der Waals surface area (Å²) in [6.45, 7) is 34.8. The number of hydrogen-bond donors (Lipinski definition) is 0. The lowest BCUT2D eigenvalue weighted by Gasteiger charge is -2.44. The summed E-state index contributed by atoms with van der Waals surface area (Å²) in [6, 6.07) is 80.7. The van der Waals surface area contributed by atoms with Crippen LogP contribution in [-0.4, -0.2) is 6.71 Å². The van der Waals surface area contributed by atoms with Crippen molar-refractivity contribution in [3.05, 3.63) is 234 Å². The molecule has 0 saturated heterocycles. The van der Waals surface area contributed by atoms with E-state index < -0.39 is 0 Å². The molecular weight excluding hydrogens is 1060 g/mol. The van der Waals surface area contributed by atoms with Crippen LogP contribution < -0.4 is 25.5 Å². The van der Waals surface area contributed by atoms with E-state index in [1.165, 1.54) is 148 Å². The quantitative estimate of drug-likeness (QED) is 0.125. The zero-order valence-electron chi connectivity index (χ0n) is 53.0. The van der Waals surface area contributed by atoms with Gasteiger partial charge >= 0.3 is 0 Å². The fourth-order valence-electron chi connectivity index (χ4n) is 13.9. The summed E-state index contributed by atoms with van der Waals surface area (Å²) in [6.07, 6.45) is 0. The van der Waals surface area contributed by atoms with Crippen molar-refractivity contribution in [2.75, 3.05) is 9.80 Å². The Morgan fingerprint density at radius 2 is 0.744 bits per heavy atom. The molecule has 0 spiro atoms. The summed E-state index contributed by atoms with van der Waals surface area (Å²) in [4.78, 5) is 5.30. The molecule has 0 radical (unpaired) electrons. The van der Waals surface area contributed by atoms with Crippen molar-refractivity contribution in [2.24, 2.45) is 0 Å². The first-order valence-electron chi connectivity index (χ1n) is 31.1. The predicted octanol–water partition coefficient (Wildman–Crippen LogP) is 21.9. The van der Waals surface area contributed by atoms with Gasteiger partial charge in [-0.3, -0.25) is 0 Å². The molecular formula is C82H79BN2S. The molecule has 2 aliphatic heterocycles. The third-order valence-electron chi connectivity index (χ3n) is 18.9. The van der Waals surface area contributed by atoms with Crippen molar-refractivity contribution in [1.29, 1.82) is 0 Å². The maximum atomic E-state index is 2.67. The number of anilines is 6. The summed E-state index contributed by atoms with van der Waals surface area (Å²) in [5.41, 5.74) is 23.7. The zero-order valence-corrected chi connectivity index (χ0v) is 53.8. The zero-order chi connectivity index (χ0) is 60.1. The SMILES string of the molecule is CC(C)(C)c1ccc(-c2cc3c(cc2-c2ccc(C(C)(C)C)cc2)N(c2ccc(C(C)(C)C)cc2-c2ccc4c5ccccc5c5ccccc5c4c2)c2cccc4c2B3c2sc3ccc(C(C)(C)C)cc3c2N4c2ccc(C(C)(C)C)cc2)cc1. The highest BCUT2D eigenvalue weighted by Crippen LogP contribution is 2.52. The molecule has 0 atom stereocenters. The van der Waals surface area contributed by atoms with Gasteiger partial charge in [-0.1, -0.05) is 249 Å². The van der Waals surface area contributed by atoms with E-state index in [1.54, 1.807) is 0 Å². The summed E-state index contributed by atoms with van der Waals surface area (Å²) in [5, 5.41) is 8.97. The minimum Gasteiger partial charge on any atom is -0.311 e. The largest absolute Gasteiger partial charge is 0.311 e. The second kappa shape index (κ2) is 19.7. The van der Waals surface area contributed by atoms with E-state index in [0.717, 1.165) is 5.69 Å². The Morgan fingerprint density at radius 3 is 1.28 bits per heavy atom. The van der Waals surface area contributed by atoms with E-state index in [-0.39, 0.29) is 33.8 Å². The fourth-order valence-corrected chi connectivity index (χ4v) is 15.1. The molecule has 2 aliphatic rings. The molecule has 0 saturated carbocycles. The third-order valence-corrected chi connectivity index (χ3v) is 20.1. The molecule has 0 bridgehead atoms. The Morgan fingerprint density at radius 1 is 0.302 bits per heavy atom. The van der Waals surface area contributed by atoms with E-state index in [4.69, 9.17) is 0 Å². The monoisotopic (exact) mass is 1130 g/mol. The normalized spacial score (nSPS) is 13.7. The maximum absolute atomic E-state index is 2.67. The van der Waals surface area contributed by atoms with Crippen LogP contribution >= 0.6 is 11.3 Å². The average molecular weight is 1140 g/mol. The molecule has 3 heterocycles. The van der Waals surface area contributed by atoms with Gasteiger partial charge in [0.2, 0.25) is 0 Å². The summed E-state index contributed by atoms with van der Waals surface area (Å²) in [5.74, 6) is 0. The van der Waals surface area contributed by atoms with Crippen LogP contribution in [0.4, 0.5) is 34.1 Å². The second-order valence-electron chi connectivity index (χ2n) is 29.8. The first kappa shape index (κ1) is 55.7. The highest BCUT2D eigenvalue weighted by Gasteiger charge is 2.46. The molecule has 0 amide bonds. The molecule has 11 aromatic carbocycles. The summed E-state index contributed by atoms with van der Waals surface area (Å²) in [7, 11) is 0. The van der Waals surface area contributed by atoms with Crippen molar-refractivity contribution >= 4 is 110 Å². The van der Waals surface area contributed by atoms with Gasteiger partial charge < -0.3 is 9.80 Å². The maximum Gasteiger partial charge on any atom is 0.264 e. The topological polar surface area (TPSA) is 6.48 Å². The lowest BCUT2D eigenvalue weighted by atomic mass is 9.36. The van der Waals surface area contributed by atoms with Crippen molar-refractivity contribution in [3.63, 3.8) is 0 Å². The molecule has 14 rings (SSSR count). The van der Waals surface area contributed by atoms with E-state index in [2.05, 4.69) is 320 Å². The van der Waals surface area contributed by atoms with Gasteiger partial charge in [0.25, 0.3) is 6.71 Å². The van der Waals surface area contributed by atoms with Crippen molar-refractivity contribution < 1.29 is 0 Å². The van der Waals surface area contributed by atoms with Gasteiger partial charge in [0.05, 0.1) is 11.4 Å². The molecule has 12 aromatic rings. The number of rotatable bonds is 5. The number of benzene rings is 11. The number of fused-ring (bicyclic) bond motifs is 12. The Hall–Kier alpha value is -8.18. The van der Waals surface area contributed by atoms with Gasteiger partial charge in [-0.25, -0.2) is 0 Å². The number of nitrogens with zero attached hydrogens (tertiary/aromatic N) is 2. The second-order valence-corrected chi connectivity index (χ2v) is 30.9. The molecule has 4 heteroatoms. The van der Waals surface area contributed by atoms with E-state index in [0.29, 0.717) is 0 Å². The van der Waals surface area contributed by atoms with Crippen LogP contribution in [0.2, 0.25) is 0 Å². The van der Waals surface area contributed by atoms with Gasteiger partial charge in [0.1, 0.15) is 0 Å². The first-order chi connectivity index (χ1) is 40.8. The van der Waals surface area contributed by atoms with Crippen LogP contribution in [0, 0.1) is 0 Å². The van der Waals surface area contributed by atoms with Crippen LogP contribution in [0.15, 0.2) is 206 Å². The molecule has 86 heavy (non-hydrogen) atoms. The van der Waals surface area contributed by atoms with Crippen LogP contribution in [0.5, 0.6) is 0 Å². The molecule has 0 aliphatic carbocycles. The van der Waals surface area contributed by atoms with Crippen molar-refractivity contribution in [2.45, 2.75) is 131 Å². The number of hydrogen-bond acceptors (Lipinski definition) is 3.